The van der Waals surface area contributed by atoms with E-state index in [2.05, 4.69) is 0 Å². The maximum absolute atomic E-state index is 12.9. The molecule has 3 aliphatic rings. The molecule has 0 radical (unpaired) electrons. The first kappa shape index (κ1) is 16.0. The zero-order chi connectivity index (χ0) is 18.0. The van der Waals surface area contributed by atoms with E-state index in [4.69, 9.17) is 0 Å². The number of thioether (sulfide) groups is 2. The van der Waals surface area contributed by atoms with Crippen LogP contribution in [0.2, 0.25) is 0 Å². The zero-order valence-electron chi connectivity index (χ0n) is 13.4. The number of Topliss-reactive ketones (excluding diaryl/α,β-unsaturated/α-hetero) is 4. The molecule has 1 saturated heterocycles. The summed E-state index contributed by atoms with van der Waals surface area (Å²) in [6, 6.07) is 13.6. The van der Waals surface area contributed by atoms with Crippen LogP contribution in [0.5, 0.6) is 0 Å². The summed E-state index contributed by atoms with van der Waals surface area (Å²) in [6.45, 7) is 0. The van der Waals surface area contributed by atoms with Crippen LogP contribution < -0.4 is 0 Å². The molecule has 1 heterocycles. The van der Waals surface area contributed by atoms with Crippen LogP contribution in [0.1, 0.15) is 41.4 Å². The molecule has 4 nitrogen and oxygen atoms in total. The fraction of sp³-hybridized carbons (Fsp3) is 0.200. The lowest BCUT2D eigenvalue weighted by Gasteiger charge is -2.42. The predicted molar refractivity (Wildman–Crippen MR) is 101 cm³/mol. The maximum atomic E-state index is 12.9. The van der Waals surface area contributed by atoms with Gasteiger partial charge in [-0.25, -0.2) is 0 Å². The quantitative estimate of drug-likeness (QED) is 0.700. The molecule has 26 heavy (non-hydrogen) atoms. The average molecular weight is 380 g/mol. The summed E-state index contributed by atoms with van der Waals surface area (Å²) >= 11 is 2.38. The normalized spacial score (nSPS) is 29.5. The van der Waals surface area contributed by atoms with E-state index in [0.717, 1.165) is 0 Å². The first-order chi connectivity index (χ1) is 12.6. The van der Waals surface area contributed by atoms with Crippen LogP contribution in [0.15, 0.2) is 48.5 Å². The Bertz CT molecular complexity index is 853. The van der Waals surface area contributed by atoms with Gasteiger partial charge >= 0.3 is 0 Å². The minimum Gasteiger partial charge on any atom is -0.293 e. The number of ketones is 4. The highest BCUT2D eigenvalue weighted by atomic mass is 32.2. The summed E-state index contributed by atoms with van der Waals surface area (Å²) in [5.41, 5.74) is 1.67. The molecule has 128 valence electrons. The van der Waals surface area contributed by atoms with Crippen molar-refractivity contribution in [3.05, 3.63) is 70.8 Å². The van der Waals surface area contributed by atoms with Gasteiger partial charge in [0.15, 0.2) is 23.1 Å². The number of rotatable bonds is 0. The van der Waals surface area contributed by atoms with E-state index in [1.54, 1.807) is 48.5 Å². The number of benzene rings is 2. The minimum atomic E-state index is -0.620. The Morgan fingerprint density at radius 2 is 0.692 bits per heavy atom. The molecular formula is C20H12O4S2. The SMILES string of the molecule is O=C1c2ccccc2C(=O)C2SC3C(=O)c4ccccc4C(=O)C3SC12. The van der Waals surface area contributed by atoms with E-state index < -0.39 is 21.0 Å². The molecule has 4 unspecified atom stereocenters. The summed E-state index contributed by atoms with van der Waals surface area (Å²) in [4.78, 5) is 51.7. The molecule has 5 rings (SSSR count). The standard InChI is InChI=1S/C20H12O4S2/c21-13-9-5-1-2-6-10(9)14(22)18-17(13)25-19-15(23)11-7-3-4-8-12(11)16(24)20(19)26-18/h1-8,17-20H. The molecule has 0 saturated carbocycles. The van der Waals surface area contributed by atoms with Gasteiger partial charge in [0.05, 0.1) is 21.0 Å². The molecule has 0 spiro atoms. The van der Waals surface area contributed by atoms with Crippen LogP contribution in [-0.4, -0.2) is 44.1 Å². The van der Waals surface area contributed by atoms with Crippen molar-refractivity contribution in [2.45, 2.75) is 21.0 Å². The summed E-state index contributed by atoms with van der Waals surface area (Å²) in [6.07, 6.45) is 0. The maximum Gasteiger partial charge on any atom is 0.178 e. The number of fused-ring (bicyclic) bond motifs is 4. The van der Waals surface area contributed by atoms with Gasteiger partial charge < -0.3 is 0 Å². The highest BCUT2D eigenvalue weighted by Crippen LogP contribution is 2.49. The Labute approximate surface area is 157 Å². The van der Waals surface area contributed by atoms with Gasteiger partial charge in [0.2, 0.25) is 0 Å². The summed E-state index contributed by atoms with van der Waals surface area (Å²) < 4.78 is 0. The van der Waals surface area contributed by atoms with Crippen molar-refractivity contribution in [3.8, 4) is 0 Å². The van der Waals surface area contributed by atoms with Crippen LogP contribution >= 0.6 is 23.5 Å². The first-order valence-electron chi connectivity index (χ1n) is 8.24. The van der Waals surface area contributed by atoms with Crippen LogP contribution in [0.25, 0.3) is 0 Å². The monoisotopic (exact) mass is 380 g/mol. The third kappa shape index (κ3) is 2.06. The van der Waals surface area contributed by atoms with E-state index in [0.29, 0.717) is 22.3 Å². The number of hydrogen-bond donors (Lipinski definition) is 0. The van der Waals surface area contributed by atoms with Crippen LogP contribution in [0, 0.1) is 0 Å². The lowest BCUT2D eigenvalue weighted by molar-refractivity contribution is 0.0884. The van der Waals surface area contributed by atoms with Crippen molar-refractivity contribution >= 4 is 46.7 Å². The fourth-order valence-corrected chi connectivity index (χ4v) is 7.31. The molecule has 1 fully saturated rings. The van der Waals surface area contributed by atoms with Crippen molar-refractivity contribution in [2.75, 3.05) is 0 Å². The molecule has 2 aromatic rings. The van der Waals surface area contributed by atoms with Gasteiger partial charge in [0.25, 0.3) is 0 Å². The van der Waals surface area contributed by atoms with Gasteiger partial charge in [-0.1, -0.05) is 48.5 Å². The van der Waals surface area contributed by atoms with E-state index in [9.17, 15) is 19.2 Å². The molecular weight excluding hydrogens is 368 g/mol. The van der Waals surface area contributed by atoms with Gasteiger partial charge in [-0.15, -0.1) is 23.5 Å². The third-order valence-electron chi connectivity index (χ3n) is 5.09. The van der Waals surface area contributed by atoms with Crippen molar-refractivity contribution < 1.29 is 19.2 Å². The van der Waals surface area contributed by atoms with Crippen molar-refractivity contribution in [1.82, 2.24) is 0 Å². The van der Waals surface area contributed by atoms with Crippen molar-refractivity contribution in [3.63, 3.8) is 0 Å². The molecule has 4 atom stereocenters. The zero-order valence-corrected chi connectivity index (χ0v) is 15.0. The Kier molecular flexibility index (Phi) is 3.49. The van der Waals surface area contributed by atoms with E-state index in [-0.39, 0.29) is 23.1 Å². The second-order valence-corrected chi connectivity index (χ2v) is 9.08. The largest absolute Gasteiger partial charge is 0.293 e. The summed E-state index contributed by atoms with van der Waals surface area (Å²) in [7, 11) is 0. The average Bonchev–Trinajstić information content (AvgIpc) is 2.69. The molecule has 0 bridgehead atoms. The molecule has 0 amide bonds. The Morgan fingerprint density at radius 3 is 0.923 bits per heavy atom. The number of hydrogen-bond acceptors (Lipinski definition) is 6. The van der Waals surface area contributed by atoms with Gasteiger partial charge in [0.1, 0.15) is 0 Å². The van der Waals surface area contributed by atoms with E-state index in [1.807, 2.05) is 0 Å². The van der Waals surface area contributed by atoms with Crippen LogP contribution in [-0.2, 0) is 0 Å². The molecule has 0 N–H and O–H groups in total. The lowest BCUT2D eigenvalue weighted by atomic mass is 9.88. The smallest absolute Gasteiger partial charge is 0.178 e. The van der Waals surface area contributed by atoms with Crippen molar-refractivity contribution in [1.29, 1.82) is 0 Å². The van der Waals surface area contributed by atoms with Gasteiger partial charge in [-0.05, 0) is 0 Å². The van der Waals surface area contributed by atoms with E-state index in [1.165, 1.54) is 23.5 Å². The van der Waals surface area contributed by atoms with Crippen LogP contribution in [0.4, 0.5) is 0 Å². The predicted octanol–water partition coefficient (Wildman–Crippen LogP) is 3.10. The molecule has 2 aromatic carbocycles. The Hall–Kier alpha value is -2.18. The van der Waals surface area contributed by atoms with E-state index >= 15 is 0 Å². The first-order valence-corrected chi connectivity index (χ1v) is 10.1. The second kappa shape index (κ2) is 5.66. The lowest BCUT2D eigenvalue weighted by Crippen LogP contribution is -2.53. The number of carbonyl (C=O) groups excluding carboxylic acids is 4. The highest BCUT2D eigenvalue weighted by Gasteiger charge is 2.54. The molecule has 1 aliphatic heterocycles. The van der Waals surface area contributed by atoms with Crippen molar-refractivity contribution in [2.24, 2.45) is 0 Å². The molecule has 0 aromatic heterocycles. The Balaban J connectivity index is 1.60. The second-order valence-electron chi connectivity index (χ2n) is 6.50. The van der Waals surface area contributed by atoms with Gasteiger partial charge in [-0.3, -0.25) is 19.2 Å². The van der Waals surface area contributed by atoms with Gasteiger partial charge in [0, 0.05) is 22.3 Å². The van der Waals surface area contributed by atoms with Gasteiger partial charge in [-0.2, -0.15) is 0 Å². The molecule has 6 heteroatoms. The fourth-order valence-electron chi connectivity index (χ4n) is 3.84. The number of carbonyl (C=O) groups is 4. The summed E-state index contributed by atoms with van der Waals surface area (Å²) in [5, 5.41) is -2.48. The third-order valence-corrected chi connectivity index (χ3v) is 8.55. The summed E-state index contributed by atoms with van der Waals surface area (Å²) in [5.74, 6) is -0.499. The Morgan fingerprint density at radius 1 is 0.462 bits per heavy atom. The highest BCUT2D eigenvalue weighted by molar-refractivity contribution is 8.09. The minimum absolute atomic E-state index is 0.125. The molecule has 2 aliphatic carbocycles. The topological polar surface area (TPSA) is 68.3 Å². The van der Waals surface area contributed by atoms with Crippen LogP contribution in [0.3, 0.4) is 0 Å².